The first-order valence-corrected chi connectivity index (χ1v) is 6.17. The average molecular weight is 257 g/mol. The molecule has 3 nitrogen and oxygen atoms in total. The summed E-state index contributed by atoms with van der Waals surface area (Å²) in [5.74, 6) is 2.16. The summed E-state index contributed by atoms with van der Waals surface area (Å²) in [6.07, 6.45) is 7.15. The van der Waals surface area contributed by atoms with Crippen molar-refractivity contribution in [1.82, 2.24) is 0 Å². The molecule has 0 aliphatic rings. The maximum Gasteiger partial charge on any atom is 0.309 e. The van der Waals surface area contributed by atoms with Crippen molar-refractivity contribution in [2.45, 2.75) is 38.8 Å². The lowest BCUT2D eigenvalue weighted by molar-refractivity contribution is -0.154. The third-order valence-electron chi connectivity index (χ3n) is 2.18. The molecule has 0 radical (unpaired) electrons. The van der Waals surface area contributed by atoms with Gasteiger partial charge < -0.3 is 4.74 Å². The number of aliphatic imine (C=N–C) groups is 1. The number of hydrogen-bond acceptors (Lipinski definition) is 3. The van der Waals surface area contributed by atoms with Gasteiger partial charge in [-0.3, -0.25) is 9.79 Å². The van der Waals surface area contributed by atoms with Crippen LogP contribution in [0.3, 0.4) is 0 Å². The smallest absolute Gasteiger partial charge is 0.309 e. The number of terminal acetylenes is 1. The highest BCUT2D eigenvalue weighted by Gasteiger charge is 2.18. The minimum atomic E-state index is -0.501. The van der Waals surface area contributed by atoms with Crippen LogP contribution in [0.15, 0.2) is 35.3 Å². The molecule has 100 valence electrons. The van der Waals surface area contributed by atoms with E-state index < -0.39 is 11.6 Å². The van der Waals surface area contributed by atoms with E-state index in [-0.39, 0.29) is 12.4 Å². The third kappa shape index (κ3) is 6.42. The average Bonchev–Trinajstić information content (AvgIpc) is 2.33. The summed E-state index contributed by atoms with van der Waals surface area (Å²) in [6.45, 7) is 5.47. The minimum Gasteiger partial charge on any atom is -0.460 e. The largest absolute Gasteiger partial charge is 0.460 e. The molecule has 3 heteroatoms. The lowest BCUT2D eigenvalue weighted by atomic mass is 10.1. The summed E-state index contributed by atoms with van der Waals surface area (Å²) in [7, 11) is 0. The number of rotatable bonds is 4. The molecule has 0 aliphatic heterocycles. The molecule has 0 amide bonds. The molecule has 1 aromatic carbocycles. The quantitative estimate of drug-likeness (QED) is 0.472. The van der Waals surface area contributed by atoms with E-state index >= 15 is 0 Å². The highest BCUT2D eigenvalue weighted by molar-refractivity contribution is 5.80. The van der Waals surface area contributed by atoms with Gasteiger partial charge in [-0.25, -0.2) is 0 Å². The number of hydrogen-bond donors (Lipinski definition) is 0. The molecule has 0 saturated carbocycles. The van der Waals surface area contributed by atoms with Gasteiger partial charge in [0.25, 0.3) is 0 Å². The standard InChI is InChI=1S/C16H19NO2/c1-5-14(11-15(18)19-16(2,3)4)17-12-13-9-7-6-8-10-13/h1,6-10,12,14H,11H2,2-4H3/b17-12+. The Kier molecular flexibility index (Phi) is 5.32. The molecule has 0 saturated heterocycles. The molecule has 0 bridgehead atoms. The van der Waals surface area contributed by atoms with E-state index in [0.29, 0.717) is 0 Å². The number of nitrogens with zero attached hydrogens (tertiary/aromatic N) is 1. The molecule has 1 atom stereocenters. The molecule has 0 spiro atoms. The van der Waals surface area contributed by atoms with E-state index in [0.717, 1.165) is 5.56 Å². The molecule has 0 heterocycles. The first kappa shape index (κ1) is 15.0. The summed E-state index contributed by atoms with van der Waals surface area (Å²) in [5.41, 5.74) is 0.450. The third-order valence-corrected chi connectivity index (χ3v) is 2.18. The van der Waals surface area contributed by atoms with Gasteiger partial charge >= 0.3 is 5.97 Å². The highest BCUT2D eigenvalue weighted by atomic mass is 16.6. The van der Waals surface area contributed by atoms with Crippen molar-refractivity contribution in [3.63, 3.8) is 0 Å². The Morgan fingerprint density at radius 1 is 1.42 bits per heavy atom. The summed E-state index contributed by atoms with van der Waals surface area (Å²) in [6, 6.07) is 9.11. The van der Waals surface area contributed by atoms with Gasteiger partial charge in [-0.15, -0.1) is 6.42 Å². The first-order chi connectivity index (χ1) is 8.90. The predicted molar refractivity (Wildman–Crippen MR) is 77.1 cm³/mol. The Morgan fingerprint density at radius 2 is 2.05 bits per heavy atom. The number of carbonyl (C=O) groups excluding carboxylic acids is 1. The van der Waals surface area contributed by atoms with Crippen molar-refractivity contribution in [1.29, 1.82) is 0 Å². The predicted octanol–water partition coefficient (Wildman–Crippen LogP) is 2.84. The molecular formula is C16H19NO2. The van der Waals surface area contributed by atoms with Gasteiger partial charge in [0, 0.05) is 6.21 Å². The van der Waals surface area contributed by atoms with Gasteiger partial charge in [0.05, 0.1) is 6.42 Å². The van der Waals surface area contributed by atoms with Crippen LogP contribution in [0, 0.1) is 12.3 Å². The molecule has 0 fully saturated rings. The summed E-state index contributed by atoms with van der Waals surface area (Å²) >= 11 is 0. The minimum absolute atomic E-state index is 0.0943. The number of carbonyl (C=O) groups is 1. The summed E-state index contributed by atoms with van der Waals surface area (Å²) in [5, 5.41) is 0. The van der Waals surface area contributed by atoms with E-state index in [1.165, 1.54) is 0 Å². The Balaban J connectivity index is 2.58. The zero-order valence-corrected chi connectivity index (χ0v) is 11.6. The maximum absolute atomic E-state index is 11.6. The van der Waals surface area contributed by atoms with Crippen LogP contribution in [0.25, 0.3) is 0 Å². The zero-order valence-electron chi connectivity index (χ0n) is 11.6. The van der Waals surface area contributed by atoms with Gasteiger partial charge in [0.15, 0.2) is 0 Å². The molecule has 1 aromatic rings. The molecule has 0 N–H and O–H groups in total. The zero-order chi connectivity index (χ0) is 14.3. The van der Waals surface area contributed by atoms with Crippen LogP contribution in [0.1, 0.15) is 32.8 Å². The van der Waals surface area contributed by atoms with Crippen LogP contribution in [0.2, 0.25) is 0 Å². The van der Waals surface area contributed by atoms with Gasteiger partial charge in [0.2, 0.25) is 0 Å². The molecule has 19 heavy (non-hydrogen) atoms. The second-order valence-corrected chi connectivity index (χ2v) is 5.16. The van der Waals surface area contributed by atoms with Crippen LogP contribution >= 0.6 is 0 Å². The van der Waals surface area contributed by atoms with E-state index in [9.17, 15) is 4.79 Å². The molecule has 0 aromatic heterocycles. The lowest BCUT2D eigenvalue weighted by Crippen LogP contribution is -2.25. The van der Waals surface area contributed by atoms with E-state index in [2.05, 4.69) is 10.9 Å². The number of esters is 1. The lowest BCUT2D eigenvalue weighted by Gasteiger charge is -2.19. The van der Waals surface area contributed by atoms with Crippen LogP contribution in [0.4, 0.5) is 0 Å². The van der Waals surface area contributed by atoms with Crippen molar-refractivity contribution < 1.29 is 9.53 Å². The fourth-order valence-corrected chi connectivity index (χ4v) is 1.41. The van der Waals surface area contributed by atoms with Crippen molar-refractivity contribution in [3.8, 4) is 12.3 Å². The fraction of sp³-hybridized carbons (Fsp3) is 0.375. The van der Waals surface area contributed by atoms with E-state index in [4.69, 9.17) is 11.2 Å². The Labute approximate surface area is 114 Å². The van der Waals surface area contributed by atoms with Crippen LogP contribution in [-0.4, -0.2) is 23.8 Å². The normalized spacial score (nSPS) is 12.9. The molecule has 0 aliphatic carbocycles. The van der Waals surface area contributed by atoms with E-state index in [1.807, 2.05) is 51.1 Å². The second kappa shape index (κ2) is 6.75. The topological polar surface area (TPSA) is 38.7 Å². The van der Waals surface area contributed by atoms with Crippen LogP contribution in [-0.2, 0) is 9.53 Å². The van der Waals surface area contributed by atoms with Crippen LogP contribution in [0.5, 0.6) is 0 Å². The number of ether oxygens (including phenoxy) is 1. The van der Waals surface area contributed by atoms with Gasteiger partial charge in [-0.1, -0.05) is 36.3 Å². The Morgan fingerprint density at radius 3 is 2.58 bits per heavy atom. The fourth-order valence-electron chi connectivity index (χ4n) is 1.41. The molecule has 1 unspecified atom stereocenters. The second-order valence-electron chi connectivity index (χ2n) is 5.16. The van der Waals surface area contributed by atoms with Crippen LogP contribution < -0.4 is 0 Å². The summed E-state index contributed by atoms with van der Waals surface area (Å²) < 4.78 is 5.21. The SMILES string of the molecule is C#CC(CC(=O)OC(C)(C)C)/N=C/c1ccccc1. The van der Waals surface area contributed by atoms with Crippen molar-refractivity contribution >= 4 is 12.2 Å². The van der Waals surface area contributed by atoms with E-state index in [1.54, 1.807) is 6.21 Å². The highest BCUT2D eigenvalue weighted by Crippen LogP contribution is 2.10. The summed E-state index contributed by atoms with van der Waals surface area (Å²) in [4.78, 5) is 15.9. The van der Waals surface area contributed by atoms with Crippen molar-refractivity contribution in [2.24, 2.45) is 4.99 Å². The van der Waals surface area contributed by atoms with Gasteiger partial charge in [0.1, 0.15) is 11.6 Å². The Bertz CT molecular complexity index is 478. The van der Waals surface area contributed by atoms with Crippen molar-refractivity contribution in [3.05, 3.63) is 35.9 Å². The van der Waals surface area contributed by atoms with Crippen molar-refractivity contribution in [2.75, 3.05) is 0 Å². The Hall–Kier alpha value is -2.08. The first-order valence-electron chi connectivity index (χ1n) is 6.17. The monoisotopic (exact) mass is 257 g/mol. The number of benzene rings is 1. The molecular weight excluding hydrogens is 238 g/mol. The maximum atomic E-state index is 11.6. The van der Waals surface area contributed by atoms with Gasteiger partial charge in [-0.05, 0) is 26.3 Å². The van der Waals surface area contributed by atoms with Gasteiger partial charge in [-0.2, -0.15) is 0 Å². The molecule has 1 rings (SSSR count).